The highest BCUT2D eigenvalue weighted by molar-refractivity contribution is 6.15. The van der Waals surface area contributed by atoms with Gasteiger partial charge in [-0.25, -0.2) is 9.59 Å². The average Bonchev–Trinajstić information content (AvgIpc) is 2.72. The summed E-state index contributed by atoms with van der Waals surface area (Å²) in [6.07, 6.45) is -4.83. The predicted octanol–water partition coefficient (Wildman–Crippen LogP) is 3.56. The minimum Gasteiger partial charge on any atom is -0.405 e. The zero-order chi connectivity index (χ0) is 15.9. The van der Waals surface area contributed by atoms with E-state index in [2.05, 4.69) is 9.47 Å². The largest absolute Gasteiger partial charge is 0.573 e. The smallest absolute Gasteiger partial charge is 0.405 e. The van der Waals surface area contributed by atoms with E-state index in [0.717, 1.165) is 0 Å². The number of carbonyl (C=O) groups is 2. The van der Waals surface area contributed by atoms with Gasteiger partial charge in [0.2, 0.25) is 0 Å². The fourth-order valence-corrected chi connectivity index (χ4v) is 2.17. The Bertz CT molecular complexity index is 781. The number of para-hydroxylation sites is 1. The number of ether oxygens (including phenoxy) is 2. The van der Waals surface area contributed by atoms with Gasteiger partial charge in [-0.2, -0.15) is 0 Å². The Kier molecular flexibility index (Phi) is 3.13. The van der Waals surface area contributed by atoms with E-state index in [9.17, 15) is 22.8 Å². The molecule has 0 saturated heterocycles. The average molecular weight is 308 g/mol. The molecule has 3 rings (SSSR count). The Labute approximate surface area is 122 Å². The highest BCUT2D eigenvalue weighted by atomic mass is 19.4. The van der Waals surface area contributed by atoms with Crippen molar-refractivity contribution < 1.29 is 32.2 Å². The van der Waals surface area contributed by atoms with Gasteiger partial charge in [0.15, 0.2) is 0 Å². The quantitative estimate of drug-likeness (QED) is 0.629. The van der Waals surface area contributed by atoms with Crippen LogP contribution in [0.2, 0.25) is 0 Å². The number of benzene rings is 2. The Balaban J connectivity index is 2.08. The molecule has 0 aliphatic carbocycles. The van der Waals surface area contributed by atoms with Gasteiger partial charge in [0, 0.05) is 5.56 Å². The first-order chi connectivity index (χ1) is 10.3. The number of hydrogen-bond donors (Lipinski definition) is 0. The van der Waals surface area contributed by atoms with Crippen molar-refractivity contribution in [1.82, 2.24) is 0 Å². The van der Waals surface area contributed by atoms with Crippen molar-refractivity contribution in [2.45, 2.75) is 6.36 Å². The summed E-state index contributed by atoms with van der Waals surface area (Å²) in [5, 5.41) is 0. The molecule has 0 fully saturated rings. The summed E-state index contributed by atoms with van der Waals surface area (Å²) in [7, 11) is 0. The summed E-state index contributed by atoms with van der Waals surface area (Å²) in [6.45, 7) is 0. The number of carbonyl (C=O) groups excluding carboxylic acids is 2. The molecule has 1 aliphatic heterocycles. The predicted molar refractivity (Wildman–Crippen MR) is 68.3 cm³/mol. The van der Waals surface area contributed by atoms with Crippen molar-refractivity contribution in [2.75, 3.05) is 0 Å². The number of alkyl halides is 3. The molecule has 0 bridgehead atoms. The van der Waals surface area contributed by atoms with Gasteiger partial charge in [0.1, 0.15) is 5.75 Å². The Morgan fingerprint density at radius 1 is 0.864 bits per heavy atom. The third-order valence-corrected chi connectivity index (χ3v) is 3.07. The minimum absolute atomic E-state index is 0.0179. The summed E-state index contributed by atoms with van der Waals surface area (Å²) in [5.74, 6) is -1.99. The summed E-state index contributed by atoms with van der Waals surface area (Å²) >= 11 is 0. The van der Waals surface area contributed by atoms with Crippen LogP contribution in [0.1, 0.15) is 20.7 Å². The number of fused-ring (bicyclic) bond motifs is 1. The number of esters is 2. The molecule has 0 aromatic heterocycles. The molecular formula is C15H7F3O4. The molecule has 1 aliphatic rings. The van der Waals surface area contributed by atoms with Crippen molar-refractivity contribution >= 4 is 11.9 Å². The standard InChI is InChI=1S/C15H7F3O4/c16-15(17,18)22-12-4-2-1-3-9(12)8-5-6-10-11(7-8)14(20)21-13(10)19/h1-7H. The van der Waals surface area contributed by atoms with Gasteiger partial charge in [0.05, 0.1) is 11.1 Å². The molecule has 0 atom stereocenters. The summed E-state index contributed by atoms with van der Waals surface area (Å²) in [5.41, 5.74) is 0.562. The first kappa shape index (κ1) is 14.1. The molecule has 0 N–H and O–H groups in total. The van der Waals surface area contributed by atoms with E-state index < -0.39 is 24.1 Å². The van der Waals surface area contributed by atoms with Crippen LogP contribution >= 0.6 is 0 Å². The maximum Gasteiger partial charge on any atom is 0.573 e. The zero-order valence-corrected chi connectivity index (χ0v) is 10.8. The second kappa shape index (κ2) is 4.87. The first-order valence-corrected chi connectivity index (χ1v) is 6.11. The minimum atomic E-state index is -4.83. The number of halogens is 3. The van der Waals surface area contributed by atoms with Gasteiger partial charge in [-0.1, -0.05) is 24.3 Å². The van der Waals surface area contributed by atoms with E-state index in [0.29, 0.717) is 5.56 Å². The maximum absolute atomic E-state index is 12.4. The van der Waals surface area contributed by atoms with Crippen molar-refractivity contribution in [3.05, 3.63) is 53.6 Å². The summed E-state index contributed by atoms with van der Waals surface area (Å²) in [6, 6.07) is 9.59. The van der Waals surface area contributed by atoms with Gasteiger partial charge < -0.3 is 9.47 Å². The van der Waals surface area contributed by atoms with Crippen LogP contribution < -0.4 is 4.74 Å². The third-order valence-electron chi connectivity index (χ3n) is 3.07. The summed E-state index contributed by atoms with van der Waals surface area (Å²) in [4.78, 5) is 22.9. The molecule has 0 unspecified atom stereocenters. The molecule has 112 valence electrons. The van der Waals surface area contributed by atoms with Crippen LogP contribution in [0.5, 0.6) is 5.75 Å². The third kappa shape index (κ3) is 2.52. The lowest BCUT2D eigenvalue weighted by molar-refractivity contribution is -0.274. The van der Waals surface area contributed by atoms with E-state index in [-0.39, 0.29) is 16.7 Å². The fourth-order valence-electron chi connectivity index (χ4n) is 2.17. The Morgan fingerprint density at radius 3 is 2.27 bits per heavy atom. The highest BCUT2D eigenvalue weighted by Gasteiger charge is 2.33. The van der Waals surface area contributed by atoms with Crippen LogP contribution in [0.4, 0.5) is 13.2 Å². The van der Waals surface area contributed by atoms with E-state index in [1.54, 1.807) is 0 Å². The molecule has 2 aromatic carbocycles. The van der Waals surface area contributed by atoms with E-state index >= 15 is 0 Å². The van der Waals surface area contributed by atoms with E-state index in [1.165, 1.54) is 42.5 Å². The van der Waals surface area contributed by atoms with Crippen molar-refractivity contribution in [1.29, 1.82) is 0 Å². The SMILES string of the molecule is O=C1OC(=O)c2cc(-c3ccccc3OC(F)(F)F)ccc21. The second-order valence-electron chi connectivity index (χ2n) is 4.48. The zero-order valence-electron chi connectivity index (χ0n) is 10.8. The number of hydrogen-bond acceptors (Lipinski definition) is 4. The van der Waals surface area contributed by atoms with Crippen LogP contribution in [0.15, 0.2) is 42.5 Å². The first-order valence-electron chi connectivity index (χ1n) is 6.11. The molecular weight excluding hydrogens is 301 g/mol. The molecule has 1 heterocycles. The van der Waals surface area contributed by atoms with Crippen LogP contribution in [0, 0.1) is 0 Å². The number of rotatable bonds is 2. The van der Waals surface area contributed by atoms with Crippen molar-refractivity contribution in [3.63, 3.8) is 0 Å². The van der Waals surface area contributed by atoms with Crippen molar-refractivity contribution in [3.8, 4) is 16.9 Å². The molecule has 4 nitrogen and oxygen atoms in total. The lowest BCUT2D eigenvalue weighted by Gasteiger charge is -2.13. The van der Waals surface area contributed by atoms with Crippen LogP contribution in [0.25, 0.3) is 11.1 Å². The van der Waals surface area contributed by atoms with E-state index in [1.807, 2.05) is 0 Å². The monoisotopic (exact) mass is 308 g/mol. The molecule has 2 aromatic rings. The molecule has 0 saturated carbocycles. The van der Waals surface area contributed by atoms with Crippen LogP contribution in [0.3, 0.4) is 0 Å². The van der Waals surface area contributed by atoms with Crippen LogP contribution in [-0.4, -0.2) is 18.3 Å². The van der Waals surface area contributed by atoms with Gasteiger partial charge in [-0.3, -0.25) is 0 Å². The van der Waals surface area contributed by atoms with Crippen LogP contribution in [-0.2, 0) is 4.74 Å². The van der Waals surface area contributed by atoms with Gasteiger partial charge >= 0.3 is 18.3 Å². The fraction of sp³-hybridized carbons (Fsp3) is 0.0667. The molecule has 7 heteroatoms. The van der Waals surface area contributed by atoms with Crippen molar-refractivity contribution in [2.24, 2.45) is 0 Å². The number of cyclic esters (lactones) is 2. The topological polar surface area (TPSA) is 52.6 Å². The molecule has 0 amide bonds. The Hall–Kier alpha value is -2.83. The summed E-state index contributed by atoms with van der Waals surface area (Å²) < 4.78 is 45.7. The van der Waals surface area contributed by atoms with Gasteiger partial charge in [-0.05, 0) is 23.8 Å². The lowest BCUT2D eigenvalue weighted by atomic mass is 9.99. The van der Waals surface area contributed by atoms with Gasteiger partial charge in [-0.15, -0.1) is 13.2 Å². The lowest BCUT2D eigenvalue weighted by Crippen LogP contribution is -2.17. The molecule has 0 spiro atoms. The highest BCUT2D eigenvalue weighted by Crippen LogP contribution is 2.35. The van der Waals surface area contributed by atoms with Gasteiger partial charge in [0.25, 0.3) is 0 Å². The second-order valence-corrected chi connectivity index (χ2v) is 4.48. The Morgan fingerprint density at radius 2 is 1.55 bits per heavy atom. The molecule has 22 heavy (non-hydrogen) atoms. The normalized spacial score (nSPS) is 13.8. The molecule has 0 radical (unpaired) electrons. The maximum atomic E-state index is 12.4. The van der Waals surface area contributed by atoms with E-state index in [4.69, 9.17) is 0 Å².